The molecule has 68 valence electrons. The number of carbonyl (C=O) groups excluding carboxylic acids is 1. The first kappa shape index (κ1) is 8.23. The van der Waals surface area contributed by atoms with Gasteiger partial charge in [-0.2, -0.15) is 0 Å². The molecule has 0 aromatic carbocycles. The molecule has 3 heteroatoms. The zero-order valence-corrected chi connectivity index (χ0v) is 7.43. The van der Waals surface area contributed by atoms with Gasteiger partial charge in [-0.15, -0.1) is 0 Å². The molecule has 0 N–H and O–H groups in total. The van der Waals surface area contributed by atoms with E-state index in [2.05, 4.69) is 4.99 Å². The van der Waals surface area contributed by atoms with Crippen molar-refractivity contribution in [2.24, 2.45) is 4.99 Å². The molecule has 0 saturated heterocycles. The highest BCUT2D eigenvalue weighted by atomic mass is 16.5. The van der Waals surface area contributed by atoms with Crippen LogP contribution in [0.1, 0.15) is 13.3 Å². The number of carbonyl (C=O) groups is 1. The third-order valence-electron chi connectivity index (χ3n) is 2.02. The number of ketones is 1. The van der Waals surface area contributed by atoms with Crippen LogP contribution in [0.15, 0.2) is 29.3 Å². The van der Waals surface area contributed by atoms with E-state index < -0.39 is 0 Å². The van der Waals surface area contributed by atoms with Crippen LogP contribution in [-0.4, -0.2) is 23.8 Å². The van der Waals surface area contributed by atoms with E-state index in [9.17, 15) is 4.79 Å². The third kappa shape index (κ3) is 1.69. The molecule has 3 nitrogen and oxygen atoms in total. The summed E-state index contributed by atoms with van der Waals surface area (Å²) in [7, 11) is 0. The Morgan fingerprint density at radius 2 is 2.31 bits per heavy atom. The number of hydrogen-bond donors (Lipinski definition) is 0. The Morgan fingerprint density at radius 3 is 3.00 bits per heavy atom. The van der Waals surface area contributed by atoms with Gasteiger partial charge >= 0.3 is 0 Å². The number of nitrogens with zero attached hydrogens (tertiary/aromatic N) is 1. The molecular formula is C10H11NO2. The van der Waals surface area contributed by atoms with Crippen LogP contribution in [0.25, 0.3) is 0 Å². The minimum Gasteiger partial charge on any atom is -0.470 e. The highest BCUT2D eigenvalue weighted by molar-refractivity contribution is 5.97. The van der Waals surface area contributed by atoms with Crippen molar-refractivity contribution in [3.8, 4) is 0 Å². The molecule has 13 heavy (non-hydrogen) atoms. The quantitative estimate of drug-likeness (QED) is 0.636. The second kappa shape index (κ2) is 3.17. The van der Waals surface area contributed by atoms with E-state index in [1.807, 2.05) is 24.3 Å². The molecule has 0 fully saturated rings. The number of hydrogen-bond acceptors (Lipinski definition) is 3. The Balaban J connectivity index is 2.07. The van der Waals surface area contributed by atoms with Crippen LogP contribution in [0, 0.1) is 0 Å². The van der Waals surface area contributed by atoms with Crippen molar-refractivity contribution < 1.29 is 9.53 Å². The van der Waals surface area contributed by atoms with Gasteiger partial charge in [0.2, 0.25) is 0 Å². The van der Waals surface area contributed by atoms with Crippen LogP contribution >= 0.6 is 0 Å². The van der Waals surface area contributed by atoms with E-state index in [0.717, 1.165) is 0 Å². The largest absolute Gasteiger partial charge is 0.470 e. The van der Waals surface area contributed by atoms with Crippen molar-refractivity contribution in [2.45, 2.75) is 25.5 Å². The molecule has 0 radical (unpaired) electrons. The Labute approximate surface area is 76.8 Å². The van der Waals surface area contributed by atoms with Gasteiger partial charge in [-0.05, 0) is 13.0 Å². The molecule has 0 bridgehead atoms. The molecular weight excluding hydrogens is 166 g/mol. The predicted molar refractivity (Wildman–Crippen MR) is 49.7 cm³/mol. The van der Waals surface area contributed by atoms with Gasteiger partial charge in [-0.25, -0.2) is 4.99 Å². The first-order valence-corrected chi connectivity index (χ1v) is 4.33. The van der Waals surface area contributed by atoms with Gasteiger partial charge in [0.25, 0.3) is 0 Å². The monoisotopic (exact) mass is 177 g/mol. The first-order chi connectivity index (χ1) is 6.25. The maximum Gasteiger partial charge on any atom is 0.192 e. The van der Waals surface area contributed by atoms with Crippen LogP contribution in [0.3, 0.4) is 0 Å². The van der Waals surface area contributed by atoms with Gasteiger partial charge < -0.3 is 4.74 Å². The van der Waals surface area contributed by atoms with E-state index in [4.69, 9.17) is 4.74 Å². The highest BCUT2D eigenvalue weighted by Crippen LogP contribution is 2.20. The Kier molecular flexibility index (Phi) is 2.00. The van der Waals surface area contributed by atoms with Crippen LogP contribution in [0.2, 0.25) is 0 Å². The summed E-state index contributed by atoms with van der Waals surface area (Å²) in [5, 5.41) is 0. The maximum atomic E-state index is 10.8. The minimum absolute atomic E-state index is 0.0133. The van der Waals surface area contributed by atoms with E-state index in [-0.39, 0.29) is 17.9 Å². The lowest BCUT2D eigenvalue weighted by Crippen LogP contribution is -2.19. The Hall–Kier alpha value is -1.38. The molecule has 1 aliphatic carbocycles. The summed E-state index contributed by atoms with van der Waals surface area (Å²) in [5.41, 5.74) is 0. The number of allylic oxidation sites excluding steroid dienone is 2. The molecule has 2 atom stereocenters. The molecule has 0 aromatic rings. The third-order valence-corrected chi connectivity index (χ3v) is 2.02. The summed E-state index contributed by atoms with van der Waals surface area (Å²) in [6, 6.07) is 0.0827. The van der Waals surface area contributed by atoms with Crippen molar-refractivity contribution in [1.82, 2.24) is 0 Å². The van der Waals surface area contributed by atoms with Crippen molar-refractivity contribution >= 4 is 11.7 Å². The molecule has 0 aromatic heterocycles. The summed E-state index contributed by atoms with van der Waals surface area (Å²) < 4.78 is 5.47. The van der Waals surface area contributed by atoms with E-state index in [0.29, 0.717) is 12.3 Å². The zero-order valence-electron chi connectivity index (χ0n) is 7.43. The summed E-state index contributed by atoms with van der Waals surface area (Å²) in [5.74, 6) is 0.657. The molecule has 0 saturated carbocycles. The van der Waals surface area contributed by atoms with Crippen molar-refractivity contribution in [3.63, 3.8) is 0 Å². The summed E-state index contributed by atoms with van der Waals surface area (Å²) in [6.45, 7) is 1.54. The first-order valence-electron chi connectivity index (χ1n) is 4.33. The number of ether oxygens (including phenoxy) is 1. The number of fused-ring (bicyclic) bond motifs is 1. The second-order valence-corrected chi connectivity index (χ2v) is 3.24. The van der Waals surface area contributed by atoms with Gasteiger partial charge in [-0.3, -0.25) is 4.79 Å². The van der Waals surface area contributed by atoms with Gasteiger partial charge in [-0.1, -0.05) is 18.2 Å². The Bertz CT molecular complexity index is 315. The topological polar surface area (TPSA) is 38.7 Å². The van der Waals surface area contributed by atoms with Crippen LogP contribution in [0.4, 0.5) is 0 Å². The molecule has 0 amide bonds. The molecule has 1 aliphatic heterocycles. The highest BCUT2D eigenvalue weighted by Gasteiger charge is 2.28. The SMILES string of the molecule is CC(=O)CC1=NC2C=CC=CC2O1. The number of rotatable bonds is 2. The minimum atomic E-state index is 0.0133. The molecule has 2 rings (SSSR count). The summed E-state index contributed by atoms with van der Waals surface area (Å²) >= 11 is 0. The smallest absolute Gasteiger partial charge is 0.192 e. The van der Waals surface area contributed by atoms with E-state index in [1.165, 1.54) is 0 Å². The van der Waals surface area contributed by atoms with E-state index in [1.54, 1.807) is 6.92 Å². The molecule has 1 heterocycles. The molecule has 2 aliphatic rings. The fourth-order valence-electron chi connectivity index (χ4n) is 1.45. The van der Waals surface area contributed by atoms with Crippen LogP contribution in [-0.2, 0) is 9.53 Å². The van der Waals surface area contributed by atoms with Gasteiger partial charge in [0.15, 0.2) is 5.90 Å². The summed E-state index contributed by atoms with van der Waals surface area (Å²) in [6.07, 6.45) is 8.16. The number of Topliss-reactive ketones (excluding diaryl/α,β-unsaturated/α-hetero) is 1. The van der Waals surface area contributed by atoms with Crippen LogP contribution in [0.5, 0.6) is 0 Å². The molecule has 0 spiro atoms. The van der Waals surface area contributed by atoms with E-state index >= 15 is 0 Å². The van der Waals surface area contributed by atoms with Gasteiger partial charge in [0.1, 0.15) is 17.9 Å². The zero-order chi connectivity index (χ0) is 9.26. The number of aliphatic imine (C=N–C) groups is 1. The average Bonchev–Trinajstić information content (AvgIpc) is 2.44. The van der Waals surface area contributed by atoms with Crippen molar-refractivity contribution in [1.29, 1.82) is 0 Å². The average molecular weight is 177 g/mol. The lowest BCUT2D eigenvalue weighted by Gasteiger charge is -2.12. The lowest BCUT2D eigenvalue weighted by molar-refractivity contribution is -0.116. The lowest BCUT2D eigenvalue weighted by atomic mass is 10.1. The molecule has 2 unspecified atom stereocenters. The van der Waals surface area contributed by atoms with Gasteiger partial charge in [0, 0.05) is 0 Å². The second-order valence-electron chi connectivity index (χ2n) is 3.24. The fraction of sp³-hybridized carbons (Fsp3) is 0.400. The van der Waals surface area contributed by atoms with Crippen molar-refractivity contribution in [3.05, 3.63) is 24.3 Å². The van der Waals surface area contributed by atoms with Gasteiger partial charge in [0.05, 0.1) is 6.42 Å². The van der Waals surface area contributed by atoms with Crippen molar-refractivity contribution in [2.75, 3.05) is 0 Å². The predicted octanol–water partition coefficient (Wildman–Crippen LogP) is 1.26. The normalized spacial score (nSPS) is 29.5. The standard InChI is InChI=1S/C10H11NO2/c1-7(12)6-10-11-8-4-2-3-5-9(8)13-10/h2-5,8-9H,6H2,1H3. The Morgan fingerprint density at radius 1 is 1.54 bits per heavy atom. The fourth-order valence-corrected chi connectivity index (χ4v) is 1.45. The summed E-state index contributed by atoms with van der Waals surface area (Å²) in [4.78, 5) is 15.1. The maximum absolute atomic E-state index is 10.8. The van der Waals surface area contributed by atoms with Crippen LogP contribution < -0.4 is 0 Å².